The maximum absolute atomic E-state index is 12.1. The molecular formula is C19H17NO2S. The van der Waals surface area contributed by atoms with Crippen molar-refractivity contribution in [2.24, 2.45) is 4.99 Å². The lowest BCUT2D eigenvalue weighted by atomic mass is 9.98. The van der Waals surface area contributed by atoms with Crippen LogP contribution in [0.2, 0.25) is 0 Å². The van der Waals surface area contributed by atoms with E-state index in [0.29, 0.717) is 18.2 Å². The maximum atomic E-state index is 12.1. The first-order chi connectivity index (χ1) is 11.3. The highest BCUT2D eigenvalue weighted by atomic mass is 32.2. The summed E-state index contributed by atoms with van der Waals surface area (Å²) in [6.45, 7) is 2.15. The minimum atomic E-state index is -0.355. The lowest BCUT2D eigenvalue weighted by molar-refractivity contribution is -0.134. The fourth-order valence-electron chi connectivity index (χ4n) is 2.41. The van der Waals surface area contributed by atoms with Crippen molar-refractivity contribution < 1.29 is 9.53 Å². The van der Waals surface area contributed by atoms with Crippen molar-refractivity contribution in [1.29, 1.82) is 0 Å². The first-order valence-corrected chi connectivity index (χ1v) is 8.54. The molecule has 3 rings (SSSR count). The van der Waals surface area contributed by atoms with E-state index in [1.165, 1.54) is 5.56 Å². The number of carbonyl (C=O) groups excluding carboxylic acids is 1. The summed E-state index contributed by atoms with van der Waals surface area (Å²) in [6.07, 6.45) is 0. The molecule has 0 radical (unpaired) electrons. The SMILES string of the molecule is CCOC(=O)C1=NCSC=C1c1ccc(-c2ccccc2)cc1. The Kier molecular flexibility index (Phi) is 4.93. The van der Waals surface area contributed by atoms with E-state index in [4.69, 9.17) is 4.74 Å². The predicted octanol–water partition coefficient (Wildman–Crippen LogP) is 4.40. The fraction of sp³-hybridized carbons (Fsp3) is 0.158. The van der Waals surface area contributed by atoms with Crippen LogP contribution in [0.4, 0.5) is 0 Å². The average molecular weight is 323 g/mol. The number of hydrogen-bond donors (Lipinski definition) is 0. The highest BCUT2D eigenvalue weighted by Gasteiger charge is 2.21. The van der Waals surface area contributed by atoms with Gasteiger partial charge in [-0.1, -0.05) is 54.6 Å². The van der Waals surface area contributed by atoms with Gasteiger partial charge in [-0.15, -0.1) is 11.8 Å². The Bertz CT molecular complexity index is 749. The standard InChI is InChI=1S/C19H17NO2S/c1-2-22-19(21)18-17(12-23-13-20-18)16-10-8-15(9-11-16)14-6-4-3-5-7-14/h3-12H,2,13H2,1H3. The minimum absolute atomic E-state index is 0.352. The number of rotatable bonds is 4. The molecule has 116 valence electrons. The second kappa shape index (κ2) is 7.29. The van der Waals surface area contributed by atoms with Crippen LogP contribution in [0.15, 0.2) is 65.0 Å². The van der Waals surface area contributed by atoms with Crippen LogP contribution in [-0.2, 0) is 9.53 Å². The minimum Gasteiger partial charge on any atom is -0.461 e. The highest BCUT2D eigenvalue weighted by molar-refractivity contribution is 8.02. The third kappa shape index (κ3) is 3.54. The van der Waals surface area contributed by atoms with Gasteiger partial charge >= 0.3 is 5.97 Å². The van der Waals surface area contributed by atoms with Crippen LogP contribution in [0.1, 0.15) is 12.5 Å². The van der Waals surface area contributed by atoms with Crippen molar-refractivity contribution in [1.82, 2.24) is 0 Å². The number of esters is 1. The van der Waals surface area contributed by atoms with Crippen molar-refractivity contribution in [3.05, 3.63) is 65.6 Å². The maximum Gasteiger partial charge on any atom is 0.357 e. The number of ether oxygens (including phenoxy) is 1. The van der Waals surface area contributed by atoms with Crippen LogP contribution in [-0.4, -0.2) is 24.2 Å². The fourth-order valence-corrected chi connectivity index (χ4v) is 3.11. The first kappa shape index (κ1) is 15.6. The Morgan fingerprint density at radius 1 is 1.04 bits per heavy atom. The van der Waals surface area contributed by atoms with Gasteiger partial charge in [0.1, 0.15) is 0 Å². The Hall–Kier alpha value is -2.33. The second-order valence-electron chi connectivity index (χ2n) is 5.00. The predicted molar refractivity (Wildman–Crippen MR) is 96.4 cm³/mol. The number of nitrogens with zero attached hydrogens (tertiary/aromatic N) is 1. The Morgan fingerprint density at radius 2 is 1.70 bits per heavy atom. The molecule has 0 fully saturated rings. The molecule has 23 heavy (non-hydrogen) atoms. The molecule has 1 heterocycles. The monoisotopic (exact) mass is 323 g/mol. The first-order valence-electron chi connectivity index (χ1n) is 7.49. The molecule has 0 unspecified atom stereocenters. The molecule has 0 aromatic heterocycles. The molecule has 3 nitrogen and oxygen atoms in total. The zero-order valence-corrected chi connectivity index (χ0v) is 13.7. The zero-order chi connectivity index (χ0) is 16.1. The molecule has 0 saturated carbocycles. The lowest BCUT2D eigenvalue weighted by Gasteiger charge is -2.14. The van der Waals surface area contributed by atoms with Crippen molar-refractivity contribution in [3.8, 4) is 11.1 Å². The summed E-state index contributed by atoms with van der Waals surface area (Å²) in [5, 5.41) is 1.98. The molecule has 1 aliphatic heterocycles. The number of hydrogen-bond acceptors (Lipinski definition) is 4. The molecule has 0 amide bonds. The third-order valence-corrected chi connectivity index (χ3v) is 4.21. The Balaban J connectivity index is 1.88. The van der Waals surface area contributed by atoms with Gasteiger partial charge in [0.05, 0.1) is 12.5 Å². The molecular weight excluding hydrogens is 306 g/mol. The molecule has 0 saturated heterocycles. The van der Waals surface area contributed by atoms with E-state index in [-0.39, 0.29) is 5.97 Å². The van der Waals surface area contributed by atoms with E-state index < -0.39 is 0 Å². The van der Waals surface area contributed by atoms with Gasteiger partial charge in [-0.3, -0.25) is 4.99 Å². The molecule has 0 atom stereocenters. The van der Waals surface area contributed by atoms with Crippen LogP contribution in [0.5, 0.6) is 0 Å². The van der Waals surface area contributed by atoms with Crippen LogP contribution < -0.4 is 0 Å². The summed E-state index contributed by atoms with van der Waals surface area (Å²) in [7, 11) is 0. The van der Waals surface area contributed by atoms with Gasteiger partial charge in [-0.05, 0) is 29.0 Å². The Morgan fingerprint density at radius 3 is 2.39 bits per heavy atom. The highest BCUT2D eigenvalue weighted by Crippen LogP contribution is 2.28. The molecule has 0 spiro atoms. The van der Waals surface area contributed by atoms with Crippen molar-refractivity contribution in [3.63, 3.8) is 0 Å². The van der Waals surface area contributed by atoms with Crippen molar-refractivity contribution in [2.45, 2.75) is 6.92 Å². The summed E-state index contributed by atoms with van der Waals surface area (Å²) >= 11 is 1.58. The van der Waals surface area contributed by atoms with E-state index in [9.17, 15) is 4.79 Å². The molecule has 2 aromatic rings. The topological polar surface area (TPSA) is 38.7 Å². The quantitative estimate of drug-likeness (QED) is 0.783. The van der Waals surface area contributed by atoms with E-state index in [2.05, 4.69) is 29.3 Å². The van der Waals surface area contributed by atoms with Crippen molar-refractivity contribution >= 4 is 29.0 Å². The number of aliphatic imine (C=N–C) groups is 1. The largest absolute Gasteiger partial charge is 0.461 e. The van der Waals surface area contributed by atoms with Crippen LogP contribution in [0.25, 0.3) is 16.7 Å². The summed E-state index contributed by atoms with van der Waals surface area (Å²) in [6, 6.07) is 18.4. The normalized spacial score (nSPS) is 14.0. The zero-order valence-electron chi connectivity index (χ0n) is 12.9. The van der Waals surface area contributed by atoms with E-state index >= 15 is 0 Å². The van der Waals surface area contributed by atoms with E-state index in [0.717, 1.165) is 16.7 Å². The number of carbonyl (C=O) groups is 1. The summed E-state index contributed by atoms with van der Waals surface area (Å²) in [5.41, 5.74) is 4.54. The molecule has 0 bridgehead atoms. The summed E-state index contributed by atoms with van der Waals surface area (Å²) in [5.74, 6) is 0.200. The Labute approximate surface area is 140 Å². The smallest absolute Gasteiger partial charge is 0.357 e. The van der Waals surface area contributed by atoms with Crippen LogP contribution >= 0.6 is 11.8 Å². The van der Waals surface area contributed by atoms with Crippen molar-refractivity contribution in [2.75, 3.05) is 12.5 Å². The van der Waals surface area contributed by atoms with Gasteiger partial charge in [-0.25, -0.2) is 4.79 Å². The van der Waals surface area contributed by atoms with Gasteiger partial charge in [-0.2, -0.15) is 0 Å². The van der Waals surface area contributed by atoms with Crippen LogP contribution in [0, 0.1) is 0 Å². The van der Waals surface area contributed by atoms with Gasteiger partial charge < -0.3 is 4.74 Å². The van der Waals surface area contributed by atoms with Gasteiger partial charge in [0, 0.05) is 5.57 Å². The molecule has 0 aliphatic carbocycles. The number of benzene rings is 2. The molecule has 4 heteroatoms. The lowest BCUT2D eigenvalue weighted by Crippen LogP contribution is -2.20. The molecule has 0 N–H and O–H groups in total. The summed E-state index contributed by atoms with van der Waals surface area (Å²) in [4.78, 5) is 16.4. The van der Waals surface area contributed by atoms with Gasteiger partial charge in [0.15, 0.2) is 5.71 Å². The van der Waals surface area contributed by atoms with Gasteiger partial charge in [0.2, 0.25) is 0 Å². The number of thioether (sulfide) groups is 1. The average Bonchev–Trinajstić information content (AvgIpc) is 2.63. The second-order valence-corrected chi connectivity index (χ2v) is 5.83. The molecule has 2 aromatic carbocycles. The third-order valence-electron chi connectivity index (χ3n) is 3.53. The van der Waals surface area contributed by atoms with Gasteiger partial charge in [0.25, 0.3) is 0 Å². The van der Waals surface area contributed by atoms with E-state index in [1.54, 1.807) is 18.7 Å². The van der Waals surface area contributed by atoms with Crippen LogP contribution in [0.3, 0.4) is 0 Å². The summed E-state index contributed by atoms with van der Waals surface area (Å²) < 4.78 is 5.11. The van der Waals surface area contributed by atoms with E-state index in [1.807, 2.05) is 35.7 Å². The molecule has 1 aliphatic rings.